The van der Waals surface area contributed by atoms with Crippen molar-refractivity contribution in [2.75, 3.05) is 31.6 Å². The van der Waals surface area contributed by atoms with Gasteiger partial charge in [-0.25, -0.2) is 9.97 Å². The van der Waals surface area contributed by atoms with E-state index >= 15 is 0 Å². The van der Waals surface area contributed by atoms with Crippen LogP contribution in [0.4, 0.5) is 19.0 Å². The Labute approximate surface area is 188 Å². The molecule has 1 aliphatic rings. The lowest BCUT2D eigenvalue weighted by Crippen LogP contribution is -2.45. The van der Waals surface area contributed by atoms with E-state index in [-0.39, 0.29) is 35.0 Å². The summed E-state index contributed by atoms with van der Waals surface area (Å²) in [5, 5.41) is 6.55. The van der Waals surface area contributed by atoms with Crippen molar-refractivity contribution in [1.29, 1.82) is 0 Å². The SMILES string of the molecule is CN=C(NCCn1ccnc1)NC1CCN(c2ncc(C(F)(F)F)cc2Cl)C1.I. The molecule has 7 nitrogen and oxygen atoms in total. The number of hydrogen-bond donors (Lipinski definition) is 2. The fourth-order valence-electron chi connectivity index (χ4n) is 3.00. The van der Waals surface area contributed by atoms with Crippen LogP contribution < -0.4 is 15.5 Å². The third-order valence-electron chi connectivity index (χ3n) is 4.42. The lowest BCUT2D eigenvalue weighted by molar-refractivity contribution is -0.137. The van der Waals surface area contributed by atoms with Gasteiger partial charge in [-0.15, -0.1) is 24.0 Å². The highest BCUT2D eigenvalue weighted by Gasteiger charge is 2.33. The van der Waals surface area contributed by atoms with Crippen LogP contribution in [-0.2, 0) is 12.7 Å². The second-order valence-electron chi connectivity index (χ2n) is 6.40. The molecule has 12 heteroatoms. The second-order valence-corrected chi connectivity index (χ2v) is 6.81. The van der Waals surface area contributed by atoms with Crippen molar-refractivity contribution in [2.24, 2.45) is 4.99 Å². The number of alkyl halides is 3. The molecular formula is C17H22ClF3IN7. The highest BCUT2D eigenvalue weighted by molar-refractivity contribution is 14.0. The predicted octanol–water partition coefficient (Wildman–Crippen LogP) is 3.01. The molecule has 160 valence electrons. The molecule has 3 heterocycles. The topological polar surface area (TPSA) is 70.4 Å². The van der Waals surface area contributed by atoms with E-state index < -0.39 is 11.7 Å². The fourth-order valence-corrected chi connectivity index (χ4v) is 3.29. The minimum absolute atomic E-state index is 0. The molecule has 0 amide bonds. The summed E-state index contributed by atoms with van der Waals surface area (Å²) in [6, 6.07) is 1.00. The monoisotopic (exact) mass is 543 g/mol. The molecule has 3 rings (SSSR count). The quantitative estimate of drug-likeness (QED) is 0.345. The second kappa shape index (κ2) is 10.3. The number of imidazole rings is 1. The van der Waals surface area contributed by atoms with Crippen molar-refractivity contribution in [3.05, 3.63) is 41.6 Å². The molecule has 2 N–H and O–H groups in total. The summed E-state index contributed by atoms with van der Waals surface area (Å²) >= 11 is 6.05. The van der Waals surface area contributed by atoms with Crippen LogP contribution in [0.1, 0.15) is 12.0 Å². The summed E-state index contributed by atoms with van der Waals surface area (Å²) in [6.07, 6.45) is 2.50. The molecule has 29 heavy (non-hydrogen) atoms. The molecule has 1 fully saturated rings. The minimum Gasteiger partial charge on any atom is -0.355 e. The largest absolute Gasteiger partial charge is 0.417 e. The molecule has 1 aliphatic heterocycles. The van der Waals surface area contributed by atoms with Crippen LogP contribution in [0, 0.1) is 0 Å². The van der Waals surface area contributed by atoms with Crippen molar-refractivity contribution >= 4 is 47.4 Å². The fraction of sp³-hybridized carbons (Fsp3) is 0.471. The van der Waals surface area contributed by atoms with Crippen LogP contribution in [0.25, 0.3) is 0 Å². The normalized spacial score (nSPS) is 17.2. The molecular weight excluding hydrogens is 522 g/mol. The van der Waals surface area contributed by atoms with Gasteiger partial charge in [0.1, 0.15) is 5.82 Å². The first-order valence-corrected chi connectivity index (χ1v) is 9.15. The van der Waals surface area contributed by atoms with Crippen LogP contribution in [0.5, 0.6) is 0 Å². The van der Waals surface area contributed by atoms with Gasteiger partial charge in [-0.1, -0.05) is 11.6 Å². The Morgan fingerprint density at radius 1 is 1.41 bits per heavy atom. The standard InChI is InChI=1S/C17H21ClF3N7.HI/c1-22-16(24-4-7-27-6-3-23-11-27)26-13-2-5-28(10-13)15-14(18)8-12(9-25-15)17(19,20)21;/h3,6,8-9,11,13H,2,4-5,7,10H2,1H3,(H2,22,24,26);1H. The van der Waals surface area contributed by atoms with Gasteiger partial charge in [0.25, 0.3) is 0 Å². The minimum atomic E-state index is -4.46. The average Bonchev–Trinajstić information content (AvgIpc) is 3.32. The van der Waals surface area contributed by atoms with Gasteiger partial charge in [0.2, 0.25) is 0 Å². The zero-order valence-corrected chi connectivity index (χ0v) is 18.7. The van der Waals surface area contributed by atoms with Crippen molar-refractivity contribution in [3.8, 4) is 0 Å². The van der Waals surface area contributed by atoms with Crippen LogP contribution >= 0.6 is 35.6 Å². The van der Waals surface area contributed by atoms with E-state index in [1.807, 2.05) is 15.7 Å². The third-order valence-corrected chi connectivity index (χ3v) is 4.70. The molecule has 2 aromatic heterocycles. The maximum atomic E-state index is 12.8. The molecule has 1 unspecified atom stereocenters. The number of nitrogens with one attached hydrogen (secondary N) is 2. The Hall–Kier alpha value is -1.76. The van der Waals surface area contributed by atoms with E-state index in [1.165, 1.54) is 0 Å². The number of pyridine rings is 1. The van der Waals surface area contributed by atoms with Crippen LogP contribution in [0.15, 0.2) is 36.0 Å². The van der Waals surface area contributed by atoms with Gasteiger partial charge >= 0.3 is 6.18 Å². The van der Waals surface area contributed by atoms with Gasteiger partial charge in [0.15, 0.2) is 5.96 Å². The van der Waals surface area contributed by atoms with Crippen molar-refractivity contribution in [3.63, 3.8) is 0 Å². The number of rotatable bonds is 5. The van der Waals surface area contributed by atoms with E-state index in [0.29, 0.717) is 31.4 Å². The summed E-state index contributed by atoms with van der Waals surface area (Å²) in [6.45, 7) is 2.64. The predicted molar refractivity (Wildman–Crippen MR) is 117 cm³/mol. The molecule has 2 aromatic rings. The lowest BCUT2D eigenvalue weighted by atomic mass is 10.2. The highest BCUT2D eigenvalue weighted by atomic mass is 127. The Morgan fingerprint density at radius 3 is 2.83 bits per heavy atom. The van der Waals surface area contributed by atoms with E-state index in [2.05, 4.69) is 25.6 Å². The first-order valence-electron chi connectivity index (χ1n) is 8.77. The Kier molecular flexibility index (Phi) is 8.37. The molecule has 1 atom stereocenters. The number of halogens is 5. The number of hydrogen-bond acceptors (Lipinski definition) is 4. The van der Waals surface area contributed by atoms with Gasteiger partial charge in [-0.2, -0.15) is 13.2 Å². The number of aliphatic imine (C=N–C) groups is 1. The van der Waals surface area contributed by atoms with E-state index in [4.69, 9.17) is 11.6 Å². The zero-order chi connectivity index (χ0) is 20.1. The van der Waals surface area contributed by atoms with Crippen molar-refractivity contribution < 1.29 is 13.2 Å². The lowest BCUT2D eigenvalue weighted by Gasteiger charge is -2.21. The number of anilines is 1. The molecule has 0 saturated carbocycles. The average molecular weight is 544 g/mol. The molecule has 1 saturated heterocycles. The summed E-state index contributed by atoms with van der Waals surface area (Å²) in [5.41, 5.74) is -0.849. The molecule has 0 radical (unpaired) electrons. The van der Waals surface area contributed by atoms with E-state index in [9.17, 15) is 13.2 Å². The first kappa shape index (κ1) is 23.5. The maximum absolute atomic E-state index is 12.8. The van der Waals surface area contributed by atoms with E-state index in [1.54, 1.807) is 19.6 Å². The maximum Gasteiger partial charge on any atom is 0.417 e. The number of guanidine groups is 1. The first-order chi connectivity index (χ1) is 13.4. The Morgan fingerprint density at radius 2 is 2.21 bits per heavy atom. The smallest absolute Gasteiger partial charge is 0.355 e. The van der Waals surface area contributed by atoms with Crippen LogP contribution in [-0.4, -0.2) is 53.2 Å². The van der Waals surface area contributed by atoms with Gasteiger partial charge in [0, 0.05) is 57.9 Å². The Bertz CT molecular complexity index is 814. The van der Waals surface area contributed by atoms with E-state index in [0.717, 1.165) is 25.2 Å². The van der Waals surface area contributed by atoms with Crippen molar-refractivity contribution in [2.45, 2.75) is 25.2 Å². The molecule has 0 aromatic carbocycles. The van der Waals surface area contributed by atoms with Gasteiger partial charge in [-0.3, -0.25) is 4.99 Å². The number of aromatic nitrogens is 3. The van der Waals surface area contributed by atoms with Gasteiger partial charge in [0.05, 0.1) is 16.9 Å². The molecule has 0 spiro atoms. The summed E-state index contributed by atoms with van der Waals surface area (Å²) in [4.78, 5) is 14.0. The summed E-state index contributed by atoms with van der Waals surface area (Å²) in [5.74, 6) is 1.03. The summed E-state index contributed by atoms with van der Waals surface area (Å²) < 4.78 is 40.3. The van der Waals surface area contributed by atoms with Gasteiger partial charge < -0.3 is 20.1 Å². The molecule has 0 aliphatic carbocycles. The summed E-state index contributed by atoms with van der Waals surface area (Å²) in [7, 11) is 1.69. The third kappa shape index (κ3) is 6.36. The van der Waals surface area contributed by atoms with Crippen molar-refractivity contribution in [1.82, 2.24) is 25.2 Å². The van der Waals surface area contributed by atoms with Gasteiger partial charge in [-0.05, 0) is 12.5 Å². The van der Waals surface area contributed by atoms with Crippen LogP contribution in [0.3, 0.4) is 0 Å². The molecule has 0 bridgehead atoms. The zero-order valence-electron chi connectivity index (χ0n) is 15.7. The van der Waals surface area contributed by atoms with Crippen LogP contribution in [0.2, 0.25) is 5.02 Å². The highest BCUT2D eigenvalue weighted by Crippen LogP contribution is 2.34. The number of nitrogens with zero attached hydrogens (tertiary/aromatic N) is 5. The Balaban J connectivity index is 0.00000300.